The van der Waals surface area contributed by atoms with E-state index in [-0.39, 0.29) is 11.6 Å². The number of carbonyl (C=O) groups excluding carboxylic acids is 1. The van der Waals surface area contributed by atoms with Crippen molar-refractivity contribution >= 4 is 12.0 Å². The van der Waals surface area contributed by atoms with Crippen LogP contribution >= 0.6 is 0 Å². The third-order valence-electron chi connectivity index (χ3n) is 3.91. The monoisotopic (exact) mass is 258 g/mol. The highest BCUT2D eigenvalue weighted by Gasteiger charge is 2.27. The molecule has 5 nitrogen and oxygen atoms in total. The Labute approximate surface area is 109 Å². The molecule has 0 spiro atoms. The molecule has 0 aromatic carbocycles. The Hall–Kier alpha value is -1.26. The molecule has 0 aliphatic rings. The molecule has 0 rings (SSSR count). The van der Waals surface area contributed by atoms with Crippen molar-refractivity contribution in [2.24, 2.45) is 5.92 Å². The van der Waals surface area contributed by atoms with Gasteiger partial charge in [-0.05, 0) is 33.1 Å². The molecular weight excluding hydrogens is 232 g/mol. The zero-order valence-electron chi connectivity index (χ0n) is 12.0. The van der Waals surface area contributed by atoms with Gasteiger partial charge in [0.25, 0.3) is 0 Å². The molecule has 2 unspecified atom stereocenters. The molecule has 0 saturated heterocycles. The van der Waals surface area contributed by atoms with Crippen LogP contribution in [0.4, 0.5) is 4.79 Å². The lowest BCUT2D eigenvalue weighted by Gasteiger charge is -2.32. The van der Waals surface area contributed by atoms with Gasteiger partial charge in [-0.1, -0.05) is 20.8 Å². The van der Waals surface area contributed by atoms with Crippen LogP contribution in [-0.2, 0) is 4.79 Å². The van der Waals surface area contributed by atoms with Gasteiger partial charge in [-0.25, -0.2) is 4.79 Å². The summed E-state index contributed by atoms with van der Waals surface area (Å²) in [4.78, 5) is 22.7. The van der Waals surface area contributed by atoms with Crippen LogP contribution in [0.2, 0.25) is 0 Å². The van der Waals surface area contributed by atoms with Crippen molar-refractivity contribution in [1.29, 1.82) is 0 Å². The van der Waals surface area contributed by atoms with Crippen LogP contribution in [-0.4, -0.2) is 28.7 Å². The standard InChI is InChI=1S/C13H26N2O3/c1-6-13(7-2,8-3)15-12(18)14-10(5)9(4)11(16)17/h9-10H,6-8H2,1-5H3,(H,16,17)(H2,14,15,18). The van der Waals surface area contributed by atoms with Gasteiger partial charge in [0.1, 0.15) is 0 Å². The topological polar surface area (TPSA) is 78.4 Å². The Morgan fingerprint density at radius 3 is 1.89 bits per heavy atom. The predicted octanol–water partition coefficient (Wildman–Crippen LogP) is 2.36. The van der Waals surface area contributed by atoms with Gasteiger partial charge in [0.05, 0.1) is 5.92 Å². The SMILES string of the molecule is CCC(CC)(CC)NC(=O)NC(C)C(C)C(=O)O. The zero-order chi connectivity index (χ0) is 14.3. The second kappa shape index (κ2) is 7.24. The van der Waals surface area contributed by atoms with E-state index in [1.54, 1.807) is 13.8 Å². The number of hydrogen-bond donors (Lipinski definition) is 3. The molecule has 2 amide bonds. The van der Waals surface area contributed by atoms with E-state index in [1.807, 2.05) is 20.8 Å². The quantitative estimate of drug-likeness (QED) is 0.656. The maximum atomic E-state index is 11.9. The molecule has 106 valence electrons. The fourth-order valence-electron chi connectivity index (χ4n) is 1.84. The predicted molar refractivity (Wildman–Crippen MR) is 71.5 cm³/mol. The van der Waals surface area contributed by atoms with E-state index >= 15 is 0 Å². The Balaban J connectivity index is 4.46. The third-order valence-corrected chi connectivity index (χ3v) is 3.91. The van der Waals surface area contributed by atoms with Crippen LogP contribution in [0.5, 0.6) is 0 Å². The normalized spacial score (nSPS) is 14.7. The Bertz CT molecular complexity index is 280. The Morgan fingerprint density at radius 2 is 1.56 bits per heavy atom. The lowest BCUT2D eigenvalue weighted by Crippen LogP contribution is -2.54. The zero-order valence-corrected chi connectivity index (χ0v) is 12.0. The number of rotatable bonds is 7. The highest BCUT2D eigenvalue weighted by Crippen LogP contribution is 2.19. The van der Waals surface area contributed by atoms with Gasteiger partial charge in [-0.15, -0.1) is 0 Å². The number of aliphatic carboxylic acids is 1. The fraction of sp³-hybridized carbons (Fsp3) is 0.846. The van der Waals surface area contributed by atoms with Gasteiger partial charge in [0, 0.05) is 11.6 Å². The Kier molecular flexibility index (Phi) is 6.73. The smallest absolute Gasteiger partial charge is 0.315 e. The molecule has 5 heteroatoms. The minimum Gasteiger partial charge on any atom is -0.481 e. The molecule has 0 aromatic heterocycles. The van der Waals surface area contributed by atoms with Crippen molar-refractivity contribution in [3.8, 4) is 0 Å². The van der Waals surface area contributed by atoms with Crippen molar-refractivity contribution in [3.63, 3.8) is 0 Å². The van der Waals surface area contributed by atoms with Crippen molar-refractivity contribution in [2.45, 2.75) is 65.5 Å². The Morgan fingerprint density at radius 1 is 1.11 bits per heavy atom. The molecule has 2 atom stereocenters. The molecule has 0 aliphatic heterocycles. The van der Waals surface area contributed by atoms with Gasteiger partial charge in [-0.3, -0.25) is 4.79 Å². The first-order valence-corrected chi connectivity index (χ1v) is 6.63. The maximum Gasteiger partial charge on any atom is 0.315 e. The van der Waals surface area contributed by atoms with Gasteiger partial charge in [0.2, 0.25) is 0 Å². The first-order chi connectivity index (χ1) is 8.31. The van der Waals surface area contributed by atoms with Crippen LogP contribution in [0.25, 0.3) is 0 Å². The lowest BCUT2D eigenvalue weighted by atomic mass is 9.90. The van der Waals surface area contributed by atoms with Gasteiger partial charge < -0.3 is 15.7 Å². The summed E-state index contributed by atoms with van der Waals surface area (Å²) in [5, 5.41) is 14.5. The number of carbonyl (C=O) groups is 2. The second-order valence-electron chi connectivity index (χ2n) is 4.86. The fourth-order valence-corrected chi connectivity index (χ4v) is 1.84. The summed E-state index contributed by atoms with van der Waals surface area (Å²) in [5.41, 5.74) is -0.198. The molecule has 3 N–H and O–H groups in total. The van der Waals surface area contributed by atoms with Crippen molar-refractivity contribution in [1.82, 2.24) is 10.6 Å². The number of amides is 2. The van der Waals surface area contributed by atoms with Gasteiger partial charge >= 0.3 is 12.0 Å². The van der Waals surface area contributed by atoms with Crippen LogP contribution in [0, 0.1) is 5.92 Å². The van der Waals surface area contributed by atoms with E-state index in [4.69, 9.17) is 5.11 Å². The number of nitrogens with one attached hydrogen (secondary N) is 2. The maximum absolute atomic E-state index is 11.9. The molecule has 18 heavy (non-hydrogen) atoms. The number of urea groups is 1. The van der Waals surface area contributed by atoms with Crippen LogP contribution in [0.3, 0.4) is 0 Å². The van der Waals surface area contributed by atoms with E-state index in [1.165, 1.54) is 0 Å². The molecule has 0 aliphatic carbocycles. The third kappa shape index (κ3) is 4.55. The van der Waals surface area contributed by atoms with Crippen LogP contribution < -0.4 is 10.6 Å². The average Bonchev–Trinajstić information content (AvgIpc) is 2.34. The summed E-state index contributed by atoms with van der Waals surface area (Å²) in [5.74, 6) is -1.51. The molecular formula is C13H26N2O3. The van der Waals surface area contributed by atoms with Gasteiger partial charge in [0.15, 0.2) is 0 Å². The number of carboxylic acid groups (broad SMARTS) is 1. The minimum atomic E-state index is -0.907. The lowest BCUT2D eigenvalue weighted by molar-refractivity contribution is -0.141. The van der Waals surface area contributed by atoms with E-state index < -0.39 is 17.9 Å². The summed E-state index contributed by atoms with van der Waals surface area (Å²) in [7, 11) is 0. The molecule has 0 bridgehead atoms. The van der Waals surface area contributed by atoms with E-state index in [9.17, 15) is 9.59 Å². The number of carboxylic acids is 1. The minimum absolute atomic E-state index is 0.198. The van der Waals surface area contributed by atoms with E-state index in [0.29, 0.717) is 0 Å². The highest BCUT2D eigenvalue weighted by molar-refractivity contribution is 5.77. The van der Waals surface area contributed by atoms with Crippen molar-refractivity contribution in [2.75, 3.05) is 0 Å². The first-order valence-electron chi connectivity index (χ1n) is 6.63. The summed E-state index contributed by atoms with van der Waals surface area (Å²) in [6, 6.07) is -0.688. The first kappa shape index (κ1) is 16.7. The van der Waals surface area contributed by atoms with Gasteiger partial charge in [-0.2, -0.15) is 0 Å². The van der Waals surface area contributed by atoms with Crippen LogP contribution in [0.1, 0.15) is 53.9 Å². The number of hydrogen-bond acceptors (Lipinski definition) is 2. The van der Waals surface area contributed by atoms with Crippen molar-refractivity contribution < 1.29 is 14.7 Å². The molecule has 0 radical (unpaired) electrons. The summed E-state index contributed by atoms with van der Waals surface area (Å²) >= 11 is 0. The largest absolute Gasteiger partial charge is 0.481 e. The molecule has 0 saturated carbocycles. The molecule has 0 aromatic rings. The van der Waals surface area contributed by atoms with E-state index in [0.717, 1.165) is 19.3 Å². The highest BCUT2D eigenvalue weighted by atomic mass is 16.4. The summed E-state index contributed by atoms with van der Waals surface area (Å²) < 4.78 is 0. The van der Waals surface area contributed by atoms with Crippen molar-refractivity contribution in [3.05, 3.63) is 0 Å². The average molecular weight is 258 g/mol. The molecule has 0 heterocycles. The molecule has 0 fully saturated rings. The second-order valence-corrected chi connectivity index (χ2v) is 4.86. The van der Waals surface area contributed by atoms with E-state index in [2.05, 4.69) is 10.6 Å². The summed E-state index contributed by atoms with van der Waals surface area (Å²) in [6.07, 6.45) is 2.57. The summed E-state index contributed by atoms with van der Waals surface area (Å²) in [6.45, 7) is 9.40. The van der Waals surface area contributed by atoms with Crippen LogP contribution in [0.15, 0.2) is 0 Å².